The Morgan fingerprint density at radius 2 is 2.17 bits per heavy atom. The molecule has 152 valence electrons. The van der Waals surface area contributed by atoms with Crippen LogP contribution in [0.1, 0.15) is 18.9 Å². The van der Waals surface area contributed by atoms with Gasteiger partial charge in [-0.25, -0.2) is 13.4 Å². The summed E-state index contributed by atoms with van der Waals surface area (Å²) in [6.45, 7) is 2.44. The van der Waals surface area contributed by atoms with Crippen LogP contribution in [-0.4, -0.2) is 57.0 Å². The van der Waals surface area contributed by atoms with E-state index in [9.17, 15) is 18.0 Å². The molecule has 4 heterocycles. The highest BCUT2D eigenvalue weighted by atomic mass is 32.2. The number of fused-ring (bicyclic) bond motifs is 1. The Kier molecular flexibility index (Phi) is 5.21. The molecule has 0 saturated carbocycles. The highest BCUT2D eigenvalue weighted by molar-refractivity contribution is 8.26. The summed E-state index contributed by atoms with van der Waals surface area (Å²) in [4.78, 5) is 32.1. The lowest BCUT2D eigenvalue weighted by Gasteiger charge is -2.20. The number of aromatic nitrogens is 2. The number of pyridine rings is 1. The van der Waals surface area contributed by atoms with E-state index in [-0.39, 0.29) is 33.4 Å². The highest BCUT2D eigenvalue weighted by Crippen LogP contribution is 2.36. The molecule has 1 N–H and O–H groups in total. The first-order chi connectivity index (χ1) is 13.8. The van der Waals surface area contributed by atoms with E-state index in [0.717, 1.165) is 11.8 Å². The number of carbonyl (C=O) groups is 1. The van der Waals surface area contributed by atoms with Crippen LogP contribution in [0, 0.1) is 0 Å². The Morgan fingerprint density at radius 3 is 2.86 bits per heavy atom. The van der Waals surface area contributed by atoms with E-state index in [0.29, 0.717) is 28.8 Å². The number of rotatable bonds is 4. The molecule has 1 atom stereocenters. The van der Waals surface area contributed by atoms with Crippen molar-refractivity contribution in [2.75, 3.05) is 23.4 Å². The van der Waals surface area contributed by atoms with Gasteiger partial charge in [0.25, 0.3) is 11.5 Å². The zero-order chi connectivity index (χ0) is 20.8. The molecule has 29 heavy (non-hydrogen) atoms. The minimum Gasteiger partial charge on any atom is -0.370 e. The SMILES string of the molecule is CCNc1nc2ccccn2c(=O)c1/C=C1/SC(=S)N(C2CCS(=O)(=O)C2)C1=O. The van der Waals surface area contributed by atoms with Gasteiger partial charge in [0.05, 0.1) is 28.0 Å². The summed E-state index contributed by atoms with van der Waals surface area (Å²) in [5, 5.41) is 3.07. The van der Waals surface area contributed by atoms with E-state index in [4.69, 9.17) is 12.2 Å². The lowest BCUT2D eigenvalue weighted by Crippen LogP contribution is -2.39. The summed E-state index contributed by atoms with van der Waals surface area (Å²) < 4.78 is 25.3. The summed E-state index contributed by atoms with van der Waals surface area (Å²) in [5.41, 5.74) is 0.449. The molecule has 0 bridgehead atoms. The normalized spacial score (nSPS) is 22.7. The third-order valence-electron chi connectivity index (χ3n) is 4.79. The van der Waals surface area contributed by atoms with E-state index in [2.05, 4.69) is 10.3 Å². The number of hydrogen-bond donors (Lipinski definition) is 1. The van der Waals surface area contributed by atoms with E-state index >= 15 is 0 Å². The number of nitrogens with zero attached hydrogens (tertiary/aromatic N) is 3. The molecule has 2 aliphatic heterocycles. The molecule has 2 aliphatic rings. The number of thioether (sulfide) groups is 1. The third-order valence-corrected chi connectivity index (χ3v) is 7.87. The van der Waals surface area contributed by atoms with Gasteiger partial charge in [-0.3, -0.25) is 18.9 Å². The number of hydrogen-bond acceptors (Lipinski definition) is 8. The molecule has 4 rings (SSSR count). The van der Waals surface area contributed by atoms with Crippen molar-refractivity contribution in [3.05, 3.63) is 45.2 Å². The molecule has 2 aromatic heterocycles. The molecule has 2 aromatic rings. The van der Waals surface area contributed by atoms with Crippen LogP contribution in [0.3, 0.4) is 0 Å². The second-order valence-corrected chi connectivity index (χ2v) is 10.7. The molecule has 2 saturated heterocycles. The van der Waals surface area contributed by atoms with Crippen LogP contribution in [0.2, 0.25) is 0 Å². The number of carbonyl (C=O) groups excluding carboxylic acids is 1. The summed E-state index contributed by atoms with van der Waals surface area (Å²) in [7, 11) is -3.16. The quantitative estimate of drug-likeness (QED) is 0.553. The Labute approximate surface area is 176 Å². The summed E-state index contributed by atoms with van der Waals surface area (Å²) in [6.07, 6.45) is 3.48. The van der Waals surface area contributed by atoms with Gasteiger partial charge >= 0.3 is 0 Å². The van der Waals surface area contributed by atoms with Gasteiger partial charge in [-0.15, -0.1) is 0 Å². The van der Waals surface area contributed by atoms with Crippen molar-refractivity contribution in [1.82, 2.24) is 14.3 Å². The number of sulfone groups is 1. The first-order valence-electron chi connectivity index (χ1n) is 9.03. The predicted octanol–water partition coefficient (Wildman–Crippen LogP) is 1.51. The van der Waals surface area contributed by atoms with E-state index in [1.165, 1.54) is 15.4 Å². The zero-order valence-corrected chi connectivity index (χ0v) is 17.9. The van der Waals surface area contributed by atoms with Gasteiger partial charge in [0.1, 0.15) is 15.8 Å². The Morgan fingerprint density at radius 1 is 1.38 bits per heavy atom. The lowest BCUT2D eigenvalue weighted by atomic mass is 10.2. The molecule has 2 fully saturated rings. The molecular weight excluding hydrogens is 432 g/mol. The molecule has 0 aliphatic carbocycles. The molecule has 11 heteroatoms. The van der Waals surface area contributed by atoms with E-state index in [1.807, 2.05) is 6.92 Å². The molecule has 8 nitrogen and oxygen atoms in total. The van der Waals surface area contributed by atoms with Crippen molar-refractivity contribution in [3.63, 3.8) is 0 Å². The third kappa shape index (κ3) is 3.69. The minimum absolute atomic E-state index is 0.0499. The van der Waals surface area contributed by atoms with E-state index < -0.39 is 15.9 Å². The summed E-state index contributed by atoms with van der Waals surface area (Å²) in [5.74, 6) is -0.0244. The van der Waals surface area contributed by atoms with Crippen LogP contribution in [0.5, 0.6) is 0 Å². The van der Waals surface area contributed by atoms with Crippen LogP contribution in [0.4, 0.5) is 5.82 Å². The first-order valence-corrected chi connectivity index (χ1v) is 12.1. The number of nitrogens with one attached hydrogen (secondary N) is 1. The van der Waals surface area contributed by atoms with Gasteiger partial charge in [0.2, 0.25) is 0 Å². The maximum Gasteiger partial charge on any atom is 0.267 e. The smallest absolute Gasteiger partial charge is 0.267 e. The van der Waals surface area contributed by atoms with Gasteiger partial charge in [-0.1, -0.05) is 30.0 Å². The monoisotopic (exact) mass is 450 g/mol. The Hall–Kier alpha value is -2.24. The number of anilines is 1. The second kappa shape index (κ2) is 7.54. The maximum absolute atomic E-state index is 13.0. The van der Waals surface area contributed by atoms with Gasteiger partial charge in [-0.2, -0.15) is 0 Å². The van der Waals surface area contributed by atoms with Crippen LogP contribution in [0.15, 0.2) is 34.1 Å². The van der Waals surface area contributed by atoms with Gasteiger partial charge < -0.3 is 5.32 Å². The highest BCUT2D eigenvalue weighted by Gasteiger charge is 2.42. The molecule has 1 amide bonds. The fourth-order valence-electron chi connectivity index (χ4n) is 3.44. The average Bonchev–Trinajstić information content (AvgIpc) is 3.16. The van der Waals surface area contributed by atoms with Crippen LogP contribution in [0.25, 0.3) is 11.7 Å². The van der Waals surface area contributed by atoms with Crippen molar-refractivity contribution in [2.24, 2.45) is 0 Å². The molecule has 0 aromatic carbocycles. The summed E-state index contributed by atoms with van der Waals surface area (Å²) in [6, 6.07) is 4.79. The second-order valence-electron chi connectivity index (χ2n) is 6.75. The van der Waals surface area contributed by atoms with Crippen molar-refractivity contribution in [2.45, 2.75) is 19.4 Å². The number of thiocarbonyl (C=S) groups is 1. The standard InChI is InChI=1S/C18H18N4O4S3/c1-2-19-15-12(16(23)21-7-4-3-5-14(21)20-15)9-13-17(24)22(18(27)28-13)11-6-8-29(25,26)10-11/h3-5,7,9,11,19H,2,6,8,10H2,1H3/b13-9+. The van der Waals surface area contributed by atoms with Crippen molar-refractivity contribution < 1.29 is 13.2 Å². The summed E-state index contributed by atoms with van der Waals surface area (Å²) >= 11 is 6.41. The largest absolute Gasteiger partial charge is 0.370 e. The average molecular weight is 451 g/mol. The zero-order valence-electron chi connectivity index (χ0n) is 15.5. The fraction of sp³-hybridized carbons (Fsp3) is 0.333. The van der Waals surface area contributed by atoms with Crippen LogP contribution in [-0.2, 0) is 14.6 Å². The van der Waals surface area contributed by atoms with Crippen LogP contribution >= 0.6 is 24.0 Å². The lowest BCUT2D eigenvalue weighted by molar-refractivity contribution is -0.123. The van der Waals surface area contributed by atoms with Gasteiger partial charge in [0, 0.05) is 12.7 Å². The van der Waals surface area contributed by atoms with Crippen molar-refractivity contribution >= 4 is 61.6 Å². The fourth-order valence-corrected chi connectivity index (χ4v) is 6.52. The first kappa shape index (κ1) is 20.0. The minimum atomic E-state index is -3.16. The predicted molar refractivity (Wildman–Crippen MR) is 118 cm³/mol. The molecular formula is C18H18N4O4S3. The molecule has 0 radical (unpaired) electrons. The Bertz CT molecular complexity index is 1220. The van der Waals surface area contributed by atoms with E-state index in [1.54, 1.807) is 24.4 Å². The Balaban J connectivity index is 1.76. The van der Waals surface area contributed by atoms with Crippen LogP contribution < -0.4 is 10.9 Å². The topological polar surface area (TPSA) is 101 Å². The number of amides is 1. The van der Waals surface area contributed by atoms with Gasteiger partial charge in [-0.05, 0) is 31.6 Å². The van der Waals surface area contributed by atoms with Crippen molar-refractivity contribution in [1.29, 1.82) is 0 Å². The van der Waals surface area contributed by atoms with Crippen molar-refractivity contribution in [3.8, 4) is 0 Å². The molecule has 1 unspecified atom stereocenters. The molecule has 0 spiro atoms. The maximum atomic E-state index is 13.0. The van der Waals surface area contributed by atoms with Gasteiger partial charge in [0.15, 0.2) is 9.84 Å².